The van der Waals surface area contributed by atoms with E-state index in [4.69, 9.17) is 5.11 Å². The molecule has 0 bridgehead atoms. The first-order valence-corrected chi connectivity index (χ1v) is 3.65. The van der Waals surface area contributed by atoms with Crippen LogP contribution in [-0.4, -0.2) is 28.7 Å². The van der Waals surface area contributed by atoms with E-state index in [9.17, 15) is 14.4 Å². The van der Waals surface area contributed by atoms with Crippen LogP contribution in [0.15, 0.2) is 0 Å². The smallest absolute Gasteiger partial charge is 0.441 e. The van der Waals surface area contributed by atoms with Crippen LogP contribution < -0.4 is 5.48 Å². The average Bonchev–Trinajstić information content (AvgIpc) is 1.96. The van der Waals surface area contributed by atoms with Gasteiger partial charge >= 0.3 is 18.0 Å². The second-order valence-corrected chi connectivity index (χ2v) is 3.30. The first-order valence-electron chi connectivity index (χ1n) is 3.65. The Bertz CT molecular complexity index is 253. The summed E-state index contributed by atoms with van der Waals surface area (Å²) in [6.07, 6.45) is -1.04. The van der Waals surface area contributed by atoms with Gasteiger partial charge in [-0.15, -0.1) is 5.48 Å². The van der Waals surface area contributed by atoms with Crippen LogP contribution >= 0.6 is 0 Å². The quantitative estimate of drug-likeness (QED) is 0.428. The van der Waals surface area contributed by atoms with Gasteiger partial charge in [0, 0.05) is 0 Å². The predicted molar refractivity (Wildman–Crippen MR) is 43.1 cm³/mol. The van der Waals surface area contributed by atoms with Crippen LogP contribution in [0.1, 0.15) is 20.8 Å². The van der Waals surface area contributed by atoms with E-state index in [0.717, 1.165) is 0 Å². The number of aliphatic carboxylic acids is 1. The Morgan fingerprint density at radius 2 is 1.71 bits per heavy atom. The first kappa shape index (κ1) is 12.2. The third-order valence-electron chi connectivity index (χ3n) is 0.801. The van der Waals surface area contributed by atoms with Gasteiger partial charge in [-0.2, -0.15) is 0 Å². The summed E-state index contributed by atoms with van der Waals surface area (Å²) >= 11 is 0. The molecule has 0 saturated heterocycles. The normalized spacial score (nSPS) is 10.2. The number of hydroxylamine groups is 1. The molecular formula is C7H11NO6. The first-order chi connectivity index (χ1) is 6.22. The molecule has 0 aliphatic carbocycles. The Morgan fingerprint density at radius 1 is 1.21 bits per heavy atom. The molecule has 0 fully saturated rings. The van der Waals surface area contributed by atoms with E-state index in [1.807, 2.05) is 0 Å². The van der Waals surface area contributed by atoms with Crippen LogP contribution in [0.5, 0.6) is 0 Å². The molecule has 0 aromatic rings. The van der Waals surface area contributed by atoms with Crippen LogP contribution in [-0.2, 0) is 19.2 Å². The molecule has 0 radical (unpaired) electrons. The molecule has 0 spiro atoms. The van der Waals surface area contributed by atoms with Gasteiger partial charge < -0.3 is 14.7 Å². The van der Waals surface area contributed by atoms with Gasteiger partial charge in [0.2, 0.25) is 0 Å². The van der Waals surface area contributed by atoms with Gasteiger partial charge in [0.15, 0.2) is 0 Å². The van der Waals surface area contributed by atoms with Crippen molar-refractivity contribution >= 4 is 18.0 Å². The summed E-state index contributed by atoms with van der Waals surface area (Å²) in [5, 5.41) is 8.06. The number of carboxylic acids is 1. The molecule has 0 saturated carbocycles. The summed E-state index contributed by atoms with van der Waals surface area (Å²) in [4.78, 5) is 34.9. The Morgan fingerprint density at radius 3 is 2.07 bits per heavy atom. The van der Waals surface area contributed by atoms with Crippen molar-refractivity contribution in [3.63, 3.8) is 0 Å². The fourth-order valence-electron chi connectivity index (χ4n) is 0.431. The fourth-order valence-corrected chi connectivity index (χ4v) is 0.431. The molecular weight excluding hydrogens is 194 g/mol. The highest BCUT2D eigenvalue weighted by atomic mass is 16.7. The maximum atomic E-state index is 10.8. The Balaban J connectivity index is 3.87. The van der Waals surface area contributed by atoms with Crippen molar-refractivity contribution in [3.05, 3.63) is 0 Å². The van der Waals surface area contributed by atoms with Crippen LogP contribution in [0.2, 0.25) is 0 Å². The van der Waals surface area contributed by atoms with Gasteiger partial charge in [0.25, 0.3) is 0 Å². The molecule has 0 aromatic heterocycles. The third kappa shape index (κ3) is 5.81. The number of carbonyl (C=O) groups excluding carboxylic acids is 2. The van der Waals surface area contributed by atoms with Crippen LogP contribution in [0.4, 0.5) is 4.79 Å². The highest BCUT2D eigenvalue weighted by Crippen LogP contribution is 2.06. The Kier molecular flexibility index (Phi) is 3.88. The number of rotatable bonds is 0. The molecule has 0 aliphatic rings. The van der Waals surface area contributed by atoms with Gasteiger partial charge in [-0.25, -0.2) is 14.4 Å². The molecule has 0 heterocycles. The highest BCUT2D eigenvalue weighted by Gasteiger charge is 2.19. The molecule has 14 heavy (non-hydrogen) atoms. The lowest BCUT2D eigenvalue weighted by molar-refractivity contribution is -0.168. The van der Waals surface area contributed by atoms with E-state index in [2.05, 4.69) is 9.57 Å². The van der Waals surface area contributed by atoms with E-state index in [-0.39, 0.29) is 0 Å². The summed E-state index contributed by atoms with van der Waals surface area (Å²) in [7, 11) is 0. The van der Waals surface area contributed by atoms with Crippen molar-refractivity contribution in [1.29, 1.82) is 0 Å². The van der Waals surface area contributed by atoms with E-state index in [0.29, 0.717) is 0 Å². The van der Waals surface area contributed by atoms with Gasteiger partial charge in [0.05, 0.1) is 0 Å². The van der Waals surface area contributed by atoms with Gasteiger partial charge in [-0.3, -0.25) is 0 Å². The van der Waals surface area contributed by atoms with Crippen molar-refractivity contribution in [1.82, 2.24) is 5.48 Å². The molecule has 0 aromatic carbocycles. The lowest BCUT2D eigenvalue weighted by Crippen LogP contribution is -2.35. The number of ether oxygens (including phenoxy) is 1. The zero-order valence-electron chi connectivity index (χ0n) is 7.99. The number of hydrogen-bond acceptors (Lipinski definition) is 5. The van der Waals surface area contributed by atoms with Crippen LogP contribution in [0, 0.1) is 0 Å². The second kappa shape index (κ2) is 4.45. The van der Waals surface area contributed by atoms with Crippen molar-refractivity contribution in [2.45, 2.75) is 26.4 Å². The molecule has 1 amide bonds. The maximum absolute atomic E-state index is 10.8. The van der Waals surface area contributed by atoms with Crippen LogP contribution in [0.3, 0.4) is 0 Å². The minimum absolute atomic E-state index is 0.750. The molecule has 0 aliphatic heterocycles. The molecule has 2 N–H and O–H groups in total. The summed E-state index contributed by atoms with van der Waals surface area (Å²) < 4.78 is 4.65. The third-order valence-corrected chi connectivity index (χ3v) is 0.801. The van der Waals surface area contributed by atoms with Gasteiger partial charge in [-0.05, 0) is 20.8 Å². The monoisotopic (exact) mass is 205 g/mol. The minimum atomic E-state index is -1.80. The summed E-state index contributed by atoms with van der Waals surface area (Å²) in [5.41, 5.74) is 0.778. The molecule has 0 rings (SSSR count). The SMILES string of the molecule is CC(C)(C)OC(=O)NOC(=O)C(=O)O. The molecule has 7 heteroatoms. The standard InChI is InChI=1S/C7H11NO6/c1-7(2,3)13-6(12)8-14-5(11)4(9)10/h1-3H3,(H,8,12)(H,9,10). The minimum Gasteiger partial charge on any atom is -0.473 e. The summed E-state index contributed by atoms with van der Waals surface area (Å²) in [6.45, 7) is 4.81. The molecule has 80 valence electrons. The zero-order chi connectivity index (χ0) is 11.4. The van der Waals surface area contributed by atoms with Crippen molar-refractivity contribution in [3.8, 4) is 0 Å². The van der Waals surface area contributed by atoms with Gasteiger partial charge in [-0.1, -0.05) is 0 Å². The number of carbonyl (C=O) groups is 3. The van der Waals surface area contributed by atoms with Gasteiger partial charge in [0.1, 0.15) is 5.60 Å². The molecule has 7 nitrogen and oxygen atoms in total. The van der Waals surface area contributed by atoms with Crippen molar-refractivity contribution in [2.75, 3.05) is 0 Å². The number of nitrogens with one attached hydrogen (secondary N) is 1. The summed E-state index contributed by atoms with van der Waals surface area (Å²) in [5.74, 6) is -3.39. The number of amides is 1. The topological polar surface area (TPSA) is 102 Å². The Hall–Kier alpha value is -1.79. The van der Waals surface area contributed by atoms with E-state index < -0.39 is 23.6 Å². The van der Waals surface area contributed by atoms with E-state index >= 15 is 0 Å². The van der Waals surface area contributed by atoms with E-state index in [1.165, 1.54) is 5.48 Å². The molecule has 0 atom stereocenters. The number of carboxylic acid groups (broad SMARTS) is 1. The van der Waals surface area contributed by atoms with Crippen molar-refractivity contribution < 1.29 is 29.1 Å². The molecule has 0 unspecified atom stereocenters. The van der Waals surface area contributed by atoms with E-state index in [1.54, 1.807) is 20.8 Å². The number of hydrogen-bond donors (Lipinski definition) is 2. The van der Waals surface area contributed by atoms with Crippen LogP contribution in [0.25, 0.3) is 0 Å². The average molecular weight is 205 g/mol. The second-order valence-electron chi connectivity index (χ2n) is 3.30. The highest BCUT2D eigenvalue weighted by molar-refractivity contribution is 6.28. The lowest BCUT2D eigenvalue weighted by Gasteiger charge is -2.18. The predicted octanol–water partition coefficient (Wildman–Crippen LogP) is 0.0539. The zero-order valence-corrected chi connectivity index (χ0v) is 7.99. The lowest BCUT2D eigenvalue weighted by atomic mass is 10.2. The van der Waals surface area contributed by atoms with Crippen molar-refractivity contribution in [2.24, 2.45) is 0 Å². The summed E-state index contributed by atoms with van der Waals surface area (Å²) in [6, 6.07) is 0. The fraction of sp³-hybridized carbons (Fsp3) is 0.571. The largest absolute Gasteiger partial charge is 0.473 e. The Labute approximate surface area is 79.9 Å². The maximum Gasteiger partial charge on any atom is 0.441 e.